The molecule has 1 aliphatic rings. The number of ether oxygens (including phenoxy) is 1. The highest BCUT2D eigenvalue weighted by molar-refractivity contribution is 6.09. The quantitative estimate of drug-likeness (QED) is 0.557. The van der Waals surface area contributed by atoms with E-state index < -0.39 is 29.9 Å². The van der Waals surface area contributed by atoms with Crippen molar-refractivity contribution in [1.29, 1.82) is 0 Å². The summed E-state index contributed by atoms with van der Waals surface area (Å²) < 4.78 is 5.09. The number of rotatable bonds is 8. The number of urea groups is 1. The molecule has 27 heavy (non-hydrogen) atoms. The summed E-state index contributed by atoms with van der Waals surface area (Å²) in [6.07, 6.45) is 0.784. The predicted molar refractivity (Wildman–Crippen MR) is 96.9 cm³/mol. The molecule has 0 aliphatic carbocycles. The highest BCUT2D eigenvalue weighted by Gasteiger charge is 2.49. The van der Waals surface area contributed by atoms with Gasteiger partial charge >= 0.3 is 6.03 Å². The Kier molecular flexibility index (Phi) is 6.38. The highest BCUT2D eigenvalue weighted by Crippen LogP contribution is 2.29. The second kappa shape index (κ2) is 8.52. The van der Waals surface area contributed by atoms with Crippen LogP contribution in [-0.4, -0.2) is 55.4 Å². The summed E-state index contributed by atoms with van der Waals surface area (Å²) in [6.45, 7) is 3.33. The Bertz CT molecular complexity index is 734. The van der Waals surface area contributed by atoms with Crippen LogP contribution in [-0.2, 0) is 19.9 Å². The van der Waals surface area contributed by atoms with E-state index in [4.69, 9.17) is 4.74 Å². The normalized spacial score (nSPS) is 18.9. The van der Waals surface area contributed by atoms with Crippen LogP contribution in [0.15, 0.2) is 24.3 Å². The molecule has 0 spiro atoms. The number of carbonyl (C=O) groups excluding carboxylic acids is 4. The number of nitrogens with one attached hydrogen (secondary N) is 3. The van der Waals surface area contributed by atoms with Gasteiger partial charge in [0, 0.05) is 6.54 Å². The van der Waals surface area contributed by atoms with Gasteiger partial charge in [-0.2, -0.15) is 0 Å². The molecule has 1 fully saturated rings. The second-order valence-electron chi connectivity index (χ2n) is 6.30. The number of imide groups is 1. The Morgan fingerprint density at radius 1 is 1.15 bits per heavy atom. The molecule has 5 amide bonds. The first-order valence-corrected chi connectivity index (χ1v) is 8.63. The molecule has 1 heterocycles. The molecule has 0 aromatic heterocycles. The minimum absolute atomic E-state index is 0.210. The first kappa shape index (κ1) is 20.2. The minimum Gasteiger partial charge on any atom is -0.497 e. The first-order chi connectivity index (χ1) is 12.8. The standard InChI is InChI=1S/C18H24N4O5/c1-4-9-19-14(23)10-20-15(24)11-22-16(25)18(2,21-17(22)26)12-5-7-13(27-3)8-6-12/h5-8H,4,9-11H2,1-3H3,(H,19,23)(H,20,24)(H,21,26)/t18-/m1/s1. The van der Waals surface area contributed by atoms with Crippen molar-refractivity contribution in [2.75, 3.05) is 26.7 Å². The van der Waals surface area contributed by atoms with Gasteiger partial charge in [-0.25, -0.2) is 4.79 Å². The zero-order chi connectivity index (χ0) is 20.0. The van der Waals surface area contributed by atoms with E-state index in [9.17, 15) is 19.2 Å². The van der Waals surface area contributed by atoms with E-state index >= 15 is 0 Å². The fourth-order valence-electron chi connectivity index (χ4n) is 2.67. The Morgan fingerprint density at radius 2 is 1.81 bits per heavy atom. The Balaban J connectivity index is 2.00. The fourth-order valence-corrected chi connectivity index (χ4v) is 2.67. The SMILES string of the molecule is CCCNC(=O)CNC(=O)CN1C(=O)N[C@](C)(c2ccc(OC)cc2)C1=O. The third-order valence-electron chi connectivity index (χ3n) is 4.26. The lowest BCUT2D eigenvalue weighted by Crippen LogP contribution is -2.45. The Hall–Kier alpha value is -3.10. The molecule has 146 valence electrons. The minimum atomic E-state index is -1.28. The lowest BCUT2D eigenvalue weighted by molar-refractivity contribution is -0.135. The number of hydrogen-bond donors (Lipinski definition) is 3. The lowest BCUT2D eigenvalue weighted by atomic mass is 9.92. The molecule has 1 aromatic rings. The molecule has 9 heteroatoms. The van der Waals surface area contributed by atoms with Gasteiger partial charge in [0.1, 0.15) is 17.8 Å². The number of benzene rings is 1. The monoisotopic (exact) mass is 376 g/mol. The molecule has 3 N–H and O–H groups in total. The van der Waals surface area contributed by atoms with E-state index in [-0.39, 0.29) is 12.5 Å². The molecule has 9 nitrogen and oxygen atoms in total. The van der Waals surface area contributed by atoms with Crippen molar-refractivity contribution in [3.05, 3.63) is 29.8 Å². The van der Waals surface area contributed by atoms with Crippen LogP contribution in [0.4, 0.5) is 4.79 Å². The van der Waals surface area contributed by atoms with E-state index in [1.807, 2.05) is 6.92 Å². The second-order valence-corrected chi connectivity index (χ2v) is 6.30. The summed E-state index contributed by atoms with van der Waals surface area (Å²) in [6, 6.07) is 6.07. The molecule has 1 aromatic carbocycles. The number of nitrogens with zero attached hydrogens (tertiary/aromatic N) is 1. The molecule has 0 bridgehead atoms. The van der Waals surface area contributed by atoms with Crippen molar-refractivity contribution in [3.8, 4) is 5.75 Å². The van der Waals surface area contributed by atoms with Gasteiger partial charge in [0.15, 0.2) is 0 Å². The number of methoxy groups -OCH3 is 1. The predicted octanol–water partition coefficient (Wildman–Crippen LogP) is 0.105. The van der Waals surface area contributed by atoms with Crippen molar-refractivity contribution in [2.45, 2.75) is 25.8 Å². The van der Waals surface area contributed by atoms with Crippen LogP contribution in [0.3, 0.4) is 0 Å². The fraction of sp³-hybridized carbons (Fsp3) is 0.444. The highest BCUT2D eigenvalue weighted by atomic mass is 16.5. The van der Waals surface area contributed by atoms with Crippen LogP contribution in [0, 0.1) is 0 Å². The van der Waals surface area contributed by atoms with Gasteiger partial charge in [-0.1, -0.05) is 19.1 Å². The maximum atomic E-state index is 12.8. The molecule has 0 radical (unpaired) electrons. The first-order valence-electron chi connectivity index (χ1n) is 8.63. The average Bonchev–Trinajstić information content (AvgIpc) is 2.88. The molecule has 1 aliphatic heterocycles. The topological polar surface area (TPSA) is 117 Å². The molecule has 0 unspecified atom stereocenters. The number of hydrogen-bond acceptors (Lipinski definition) is 5. The smallest absolute Gasteiger partial charge is 0.325 e. The summed E-state index contributed by atoms with van der Waals surface area (Å²) in [7, 11) is 1.53. The molecule has 1 atom stereocenters. The zero-order valence-electron chi connectivity index (χ0n) is 15.6. The van der Waals surface area contributed by atoms with Crippen molar-refractivity contribution in [1.82, 2.24) is 20.9 Å². The van der Waals surface area contributed by atoms with Gasteiger partial charge in [0.25, 0.3) is 5.91 Å². The molecular weight excluding hydrogens is 352 g/mol. The summed E-state index contributed by atoms with van der Waals surface area (Å²) in [4.78, 5) is 49.4. The number of amides is 5. The summed E-state index contributed by atoms with van der Waals surface area (Å²) >= 11 is 0. The lowest BCUT2D eigenvalue weighted by Gasteiger charge is -2.22. The van der Waals surface area contributed by atoms with Gasteiger partial charge in [0.2, 0.25) is 11.8 Å². The zero-order valence-corrected chi connectivity index (χ0v) is 15.6. The molecular formula is C18H24N4O5. The van der Waals surface area contributed by atoms with E-state index in [2.05, 4.69) is 16.0 Å². The third kappa shape index (κ3) is 4.55. The van der Waals surface area contributed by atoms with Crippen molar-refractivity contribution >= 4 is 23.8 Å². The summed E-state index contributed by atoms with van der Waals surface area (Å²) in [5.74, 6) is -0.838. The maximum Gasteiger partial charge on any atom is 0.325 e. The van der Waals surface area contributed by atoms with Crippen LogP contribution in [0.5, 0.6) is 5.75 Å². The average molecular weight is 376 g/mol. The van der Waals surface area contributed by atoms with Gasteiger partial charge in [-0.3, -0.25) is 19.3 Å². The van der Waals surface area contributed by atoms with Gasteiger partial charge in [-0.05, 0) is 31.0 Å². The van der Waals surface area contributed by atoms with Gasteiger partial charge in [0.05, 0.1) is 13.7 Å². The van der Waals surface area contributed by atoms with Crippen LogP contribution < -0.4 is 20.7 Å². The Morgan fingerprint density at radius 3 is 2.41 bits per heavy atom. The largest absolute Gasteiger partial charge is 0.497 e. The summed E-state index contributed by atoms with van der Waals surface area (Å²) in [5, 5.41) is 7.64. The van der Waals surface area contributed by atoms with Crippen LogP contribution >= 0.6 is 0 Å². The summed E-state index contributed by atoms with van der Waals surface area (Å²) in [5.41, 5.74) is -0.703. The van der Waals surface area contributed by atoms with Crippen LogP contribution in [0.2, 0.25) is 0 Å². The molecule has 1 saturated heterocycles. The van der Waals surface area contributed by atoms with Crippen LogP contribution in [0.1, 0.15) is 25.8 Å². The van der Waals surface area contributed by atoms with E-state index in [0.29, 0.717) is 17.9 Å². The number of carbonyl (C=O) groups is 4. The van der Waals surface area contributed by atoms with Crippen molar-refractivity contribution < 1.29 is 23.9 Å². The van der Waals surface area contributed by atoms with E-state index in [1.165, 1.54) is 7.11 Å². The van der Waals surface area contributed by atoms with Gasteiger partial charge in [-0.15, -0.1) is 0 Å². The Labute approximate surface area is 157 Å². The van der Waals surface area contributed by atoms with E-state index in [0.717, 1.165) is 11.3 Å². The van der Waals surface area contributed by atoms with Crippen LogP contribution in [0.25, 0.3) is 0 Å². The van der Waals surface area contributed by atoms with Crippen molar-refractivity contribution in [2.24, 2.45) is 0 Å². The van der Waals surface area contributed by atoms with E-state index in [1.54, 1.807) is 31.2 Å². The van der Waals surface area contributed by atoms with Crippen molar-refractivity contribution in [3.63, 3.8) is 0 Å². The molecule has 0 saturated carbocycles. The maximum absolute atomic E-state index is 12.8. The van der Waals surface area contributed by atoms with Gasteiger partial charge < -0.3 is 20.7 Å². The molecule has 2 rings (SSSR count). The third-order valence-corrected chi connectivity index (χ3v) is 4.26.